The summed E-state index contributed by atoms with van der Waals surface area (Å²) < 4.78 is 0. The van der Waals surface area contributed by atoms with Gasteiger partial charge in [0.05, 0.1) is 5.56 Å². The van der Waals surface area contributed by atoms with Gasteiger partial charge in [0, 0.05) is 98.3 Å². The molecule has 3 amide bonds. The zero-order valence-electron chi connectivity index (χ0n) is 20.0. The van der Waals surface area contributed by atoms with Crippen LogP contribution in [0.1, 0.15) is 43.0 Å². The Labute approximate surface area is 263 Å². The maximum Gasteiger partial charge on any atom is 0.335 e. The van der Waals surface area contributed by atoms with E-state index in [9.17, 15) is 19.2 Å². The Morgan fingerprint density at radius 1 is 0.778 bits per heavy atom. The predicted octanol–water partition coefficient (Wildman–Crippen LogP) is 3.04. The average Bonchev–Trinajstić information content (AvgIpc) is 3.29. The summed E-state index contributed by atoms with van der Waals surface area (Å²) in [5, 5.41) is 11.4. The molecule has 5 radical (unpaired) electrons. The van der Waals surface area contributed by atoms with E-state index in [0.717, 1.165) is 22.3 Å². The second kappa shape index (κ2) is 13.4. The van der Waals surface area contributed by atoms with Crippen LogP contribution in [0.15, 0.2) is 36.4 Å². The predicted molar refractivity (Wildman–Crippen MR) is 128 cm³/mol. The molecule has 4 rings (SSSR count). The van der Waals surface area contributed by atoms with Gasteiger partial charge in [-0.2, -0.15) is 0 Å². The monoisotopic (exact) mass is 636 g/mol. The zero-order valence-corrected chi connectivity index (χ0v) is 25.7. The Balaban J connectivity index is 0.000000629. The van der Waals surface area contributed by atoms with Gasteiger partial charge in [-0.25, -0.2) is 4.79 Å². The first-order valence-corrected chi connectivity index (χ1v) is 10.3. The Kier molecular flexibility index (Phi) is 12.9. The molecule has 2 aliphatic rings. The molecule has 0 spiro atoms. The third-order valence-electron chi connectivity index (χ3n) is 6.23. The molecule has 2 unspecified atom stereocenters. The molecule has 0 aromatic heterocycles. The number of rotatable bonds is 4. The van der Waals surface area contributed by atoms with Crippen molar-refractivity contribution in [2.45, 2.75) is 25.7 Å². The Morgan fingerprint density at radius 3 is 1.50 bits per heavy atom. The number of hydrogen-bond donors (Lipinski definition) is 2. The van der Waals surface area contributed by atoms with Crippen LogP contribution in [0.25, 0.3) is 11.5 Å². The fraction of sp³-hybridized carbons (Fsp3) is 0.280. The number of carboxylic acids is 1. The van der Waals surface area contributed by atoms with E-state index in [1.165, 1.54) is 6.07 Å². The number of fused-ring (bicyclic) bond motifs is 2. The molecule has 0 saturated heterocycles. The smallest absolute Gasteiger partial charge is 0.335 e. The third-order valence-corrected chi connectivity index (χ3v) is 6.23. The summed E-state index contributed by atoms with van der Waals surface area (Å²) in [7, 11) is 1.58. The number of nitrogens with one attached hydrogen (secondary N) is 3. The number of aromatic carboxylic acids is 1. The van der Waals surface area contributed by atoms with Gasteiger partial charge in [-0.1, -0.05) is 12.1 Å². The van der Waals surface area contributed by atoms with Crippen molar-refractivity contribution < 1.29 is 89.7 Å². The minimum Gasteiger partial charge on any atom is -0.670 e. The van der Waals surface area contributed by atoms with E-state index in [0.29, 0.717) is 31.2 Å². The molecular formula is C25H25BN3O5Y2-4. The molecule has 0 saturated carbocycles. The van der Waals surface area contributed by atoms with Crippen molar-refractivity contribution in [1.29, 1.82) is 0 Å². The zero-order chi connectivity index (χ0) is 24.6. The molecule has 0 aliphatic heterocycles. The van der Waals surface area contributed by atoms with E-state index in [1.54, 1.807) is 31.3 Å². The number of amides is 3. The maximum atomic E-state index is 11.5. The van der Waals surface area contributed by atoms with E-state index in [4.69, 9.17) is 16.6 Å². The number of carbonyl (C=O) groups excluding carboxylic acids is 3. The van der Waals surface area contributed by atoms with Crippen LogP contribution < -0.4 is 5.32 Å². The number of carboxylic acid groups (broad SMARTS) is 1. The van der Waals surface area contributed by atoms with E-state index >= 15 is 0 Å². The quantitative estimate of drug-likeness (QED) is 0.391. The number of carbonyl (C=O) groups is 4. The van der Waals surface area contributed by atoms with Gasteiger partial charge in [0.2, 0.25) is 0 Å². The summed E-state index contributed by atoms with van der Waals surface area (Å²) in [5.41, 5.74) is 17.1. The van der Waals surface area contributed by atoms with Crippen molar-refractivity contribution in [3.8, 4) is 0 Å². The number of hydrogen-bond acceptors (Lipinski definition) is 4. The molecule has 2 aliphatic carbocycles. The first-order valence-electron chi connectivity index (χ1n) is 10.3. The summed E-state index contributed by atoms with van der Waals surface area (Å²) in [5.74, 6) is -2.47. The van der Waals surface area contributed by atoms with Crippen LogP contribution in [0.5, 0.6) is 0 Å². The topological polar surface area (TPSA) is 148 Å². The van der Waals surface area contributed by atoms with Crippen molar-refractivity contribution in [3.63, 3.8) is 0 Å². The molecule has 8 nitrogen and oxygen atoms in total. The van der Waals surface area contributed by atoms with Gasteiger partial charge in [0.15, 0.2) is 0 Å². The molecule has 2 aromatic rings. The molecule has 11 heteroatoms. The van der Waals surface area contributed by atoms with Crippen LogP contribution in [-0.2, 0) is 101 Å². The van der Waals surface area contributed by atoms with Crippen LogP contribution in [0.2, 0.25) is 0 Å². The van der Waals surface area contributed by atoms with Gasteiger partial charge < -0.3 is 45.3 Å². The van der Waals surface area contributed by atoms with Crippen molar-refractivity contribution >= 4 is 32.1 Å². The number of benzene rings is 2. The summed E-state index contributed by atoms with van der Waals surface area (Å²) in [6.07, 6.45) is 1.70. The Morgan fingerprint density at radius 2 is 1.14 bits per heavy atom. The van der Waals surface area contributed by atoms with E-state index in [2.05, 4.69) is 19.2 Å². The van der Waals surface area contributed by atoms with Crippen LogP contribution in [0.3, 0.4) is 0 Å². The SMILES string of the molecule is [B].[CH2-]C1(C([NH-])=O)Cc2ccc(C(=O)NC)cc2C1.[CH2-]C1(C([NH-])=O)Cc2ccc(C(=O)O)cc2C1.[Y].[Y]. The average molecular weight is 636 g/mol. The molecule has 2 atom stereocenters. The molecule has 36 heavy (non-hydrogen) atoms. The van der Waals surface area contributed by atoms with Gasteiger partial charge >= 0.3 is 5.97 Å². The molecule has 183 valence electrons. The van der Waals surface area contributed by atoms with Crippen LogP contribution >= 0.6 is 0 Å². The van der Waals surface area contributed by atoms with Gasteiger partial charge in [0.25, 0.3) is 5.91 Å². The molecule has 0 heterocycles. The standard InChI is InChI=1S/C13H15N2O2.C12H12NO3.B.2Y/c1-13(12(14)17)6-9-4-3-8(11(16)15-2)5-10(9)7-13;1-12(11(13)16)5-8-3-2-7(10(14)15)4-9(8)6-12;;;/h3-5H,1,6-7H2,2H3,(H3,14,15,16,17);2-4H,1,5-6H2,(H3,13,14,15,16);;;/q2*-1;;;/p-2. The summed E-state index contributed by atoms with van der Waals surface area (Å²) in [6.45, 7) is 7.61. The van der Waals surface area contributed by atoms with E-state index < -0.39 is 28.6 Å². The van der Waals surface area contributed by atoms with Crippen LogP contribution in [0, 0.1) is 24.7 Å². The minimum atomic E-state index is -0.985. The van der Waals surface area contributed by atoms with Crippen molar-refractivity contribution in [2.24, 2.45) is 10.8 Å². The van der Waals surface area contributed by atoms with Crippen LogP contribution in [-0.4, -0.2) is 44.3 Å². The molecule has 4 N–H and O–H groups in total. The molecule has 0 fully saturated rings. The van der Waals surface area contributed by atoms with E-state index in [1.807, 2.05) is 6.07 Å². The maximum absolute atomic E-state index is 11.5. The van der Waals surface area contributed by atoms with Crippen LogP contribution in [0.4, 0.5) is 0 Å². The summed E-state index contributed by atoms with van der Waals surface area (Å²) >= 11 is 0. The summed E-state index contributed by atoms with van der Waals surface area (Å²) in [6, 6.07) is 10.1. The van der Waals surface area contributed by atoms with Gasteiger partial charge in [0.1, 0.15) is 0 Å². The molecule has 2 aromatic carbocycles. The largest absolute Gasteiger partial charge is 0.670 e. The molecular weight excluding hydrogens is 611 g/mol. The fourth-order valence-electron chi connectivity index (χ4n) is 4.25. The van der Waals surface area contributed by atoms with Gasteiger partial charge in [-0.05, 0) is 72.2 Å². The van der Waals surface area contributed by atoms with E-state index in [-0.39, 0.29) is 85.3 Å². The second-order valence-electron chi connectivity index (χ2n) is 8.78. The fourth-order valence-corrected chi connectivity index (χ4v) is 4.25. The van der Waals surface area contributed by atoms with Gasteiger partial charge in [-0.15, -0.1) is 10.8 Å². The normalized spacial score (nSPS) is 20.5. The first kappa shape index (κ1) is 34.6. The van der Waals surface area contributed by atoms with Crippen molar-refractivity contribution in [2.75, 3.05) is 7.05 Å². The van der Waals surface area contributed by atoms with Gasteiger partial charge in [-0.3, -0.25) is 4.79 Å². The molecule has 0 bridgehead atoms. The summed E-state index contributed by atoms with van der Waals surface area (Å²) in [4.78, 5) is 44.6. The van der Waals surface area contributed by atoms with Crippen molar-refractivity contribution in [1.82, 2.24) is 5.32 Å². The Bertz CT molecular complexity index is 1180. The minimum absolute atomic E-state index is 0. The third kappa shape index (κ3) is 7.34. The first-order chi connectivity index (χ1) is 15.4. The second-order valence-corrected chi connectivity index (χ2v) is 8.78. The Hall–Kier alpha value is -1.41. The van der Waals surface area contributed by atoms with Crippen molar-refractivity contribution in [3.05, 3.63) is 95.1 Å².